The molecule has 0 radical (unpaired) electrons. The fraction of sp³-hybridized carbons (Fsp3) is 0.840. The van der Waals surface area contributed by atoms with Gasteiger partial charge in [0.25, 0.3) is 0 Å². The molecule has 0 bridgehead atoms. The maximum Gasteiger partial charge on any atom is 0.302 e. The number of hydrogen-bond acceptors (Lipinski definition) is 6. The largest absolute Gasteiger partial charge is 0.475 e. The Morgan fingerprint density at radius 1 is 1.10 bits per heavy atom. The fourth-order valence-corrected chi connectivity index (χ4v) is 8.84. The second kappa shape index (κ2) is 6.89. The molecule has 170 valence electrons. The van der Waals surface area contributed by atoms with E-state index in [2.05, 4.69) is 13.8 Å². The Morgan fingerprint density at radius 3 is 2.45 bits per heavy atom. The Hall–Kier alpha value is -1.72. The van der Waals surface area contributed by atoms with E-state index < -0.39 is 11.0 Å². The van der Waals surface area contributed by atoms with Crippen LogP contribution in [0, 0.1) is 40.9 Å². The molecule has 5 aliphatic rings. The monoisotopic (exact) mass is 429 g/mol. The smallest absolute Gasteiger partial charge is 0.302 e. The number of esters is 1. The number of ketones is 2. The van der Waals surface area contributed by atoms with Gasteiger partial charge < -0.3 is 9.47 Å². The highest BCUT2D eigenvalue weighted by molar-refractivity contribution is 5.96. The number of aliphatic imine (C=N–C) groups is 1. The lowest BCUT2D eigenvalue weighted by Crippen LogP contribution is -2.60. The highest BCUT2D eigenvalue weighted by Gasteiger charge is 2.73. The van der Waals surface area contributed by atoms with Crippen LogP contribution in [-0.2, 0) is 23.9 Å². The molecule has 4 aliphatic carbocycles. The lowest BCUT2D eigenvalue weighted by Gasteiger charge is -2.57. The molecule has 0 aromatic carbocycles. The molecular formula is C25H35NO5. The van der Waals surface area contributed by atoms with E-state index in [4.69, 9.17) is 14.5 Å². The van der Waals surface area contributed by atoms with Crippen LogP contribution in [0.25, 0.3) is 0 Å². The van der Waals surface area contributed by atoms with Crippen molar-refractivity contribution in [3.05, 3.63) is 0 Å². The van der Waals surface area contributed by atoms with E-state index in [9.17, 15) is 14.4 Å². The quantitative estimate of drug-likeness (QED) is 0.625. The Kier molecular flexibility index (Phi) is 4.70. The van der Waals surface area contributed by atoms with Crippen LogP contribution in [0.1, 0.15) is 73.1 Å². The lowest BCUT2D eigenvalue weighted by atomic mass is 9.47. The number of carbonyl (C=O) groups is 3. The van der Waals surface area contributed by atoms with Gasteiger partial charge in [0.1, 0.15) is 18.0 Å². The van der Waals surface area contributed by atoms with E-state index in [0.717, 1.165) is 32.1 Å². The van der Waals surface area contributed by atoms with Gasteiger partial charge in [0, 0.05) is 31.6 Å². The molecule has 0 spiro atoms. The summed E-state index contributed by atoms with van der Waals surface area (Å²) in [7, 11) is 0. The molecule has 6 nitrogen and oxygen atoms in total. The Morgan fingerprint density at radius 2 is 1.77 bits per heavy atom. The number of nitrogens with zero attached hydrogens (tertiary/aromatic N) is 1. The highest BCUT2D eigenvalue weighted by atomic mass is 16.5. The topological polar surface area (TPSA) is 82.0 Å². The molecule has 0 aromatic rings. The third-order valence-electron chi connectivity index (χ3n) is 9.91. The zero-order valence-corrected chi connectivity index (χ0v) is 19.3. The van der Waals surface area contributed by atoms with Gasteiger partial charge in [0.2, 0.25) is 0 Å². The Bertz CT molecular complexity index is 866. The van der Waals surface area contributed by atoms with Crippen molar-refractivity contribution in [2.75, 3.05) is 0 Å². The summed E-state index contributed by atoms with van der Waals surface area (Å²) in [4.78, 5) is 43.0. The summed E-state index contributed by atoms with van der Waals surface area (Å²) >= 11 is 0. The third-order valence-corrected chi connectivity index (χ3v) is 9.91. The number of carbonyl (C=O) groups excluding carboxylic acids is 3. The minimum atomic E-state index is -0.903. The molecule has 4 saturated carbocycles. The van der Waals surface area contributed by atoms with Crippen LogP contribution in [0.15, 0.2) is 4.99 Å². The van der Waals surface area contributed by atoms with E-state index >= 15 is 0 Å². The van der Waals surface area contributed by atoms with Gasteiger partial charge in [-0.25, -0.2) is 4.99 Å². The Balaban J connectivity index is 1.46. The molecule has 4 fully saturated rings. The van der Waals surface area contributed by atoms with E-state index in [1.807, 2.05) is 6.92 Å². The molecule has 10 atom stereocenters. The SMILES string of the molecule is CC(=O)OC1CCC2C(CCC3C2C(=O)CC2(C)C3CC3OC(C)=NC32C(C)=O)C1C. The predicted octanol–water partition coefficient (Wildman–Crippen LogP) is 3.75. The minimum absolute atomic E-state index is 0.0307. The second-order valence-electron chi connectivity index (χ2n) is 11.1. The molecule has 0 amide bonds. The van der Waals surface area contributed by atoms with Crippen LogP contribution in [0.5, 0.6) is 0 Å². The molecule has 0 N–H and O–H groups in total. The molecule has 1 aliphatic heterocycles. The van der Waals surface area contributed by atoms with Crippen LogP contribution in [-0.4, -0.2) is 41.2 Å². The van der Waals surface area contributed by atoms with Gasteiger partial charge in [0.05, 0.1) is 0 Å². The summed E-state index contributed by atoms with van der Waals surface area (Å²) < 4.78 is 11.7. The standard InChI is InChI=1S/C25H35NO5/c1-12-16-6-7-18-19-10-22-25(13(2)27,26-14(3)30-22)24(19,5)11-20(29)23(18)17(16)8-9-21(12)31-15(4)28/h12,16-19,21-23H,6-11H2,1-5H3. The number of ether oxygens (including phenoxy) is 2. The van der Waals surface area contributed by atoms with E-state index in [1.165, 1.54) is 6.92 Å². The zero-order chi connectivity index (χ0) is 22.3. The van der Waals surface area contributed by atoms with Crippen molar-refractivity contribution >= 4 is 23.4 Å². The molecule has 5 rings (SSSR count). The van der Waals surface area contributed by atoms with Crippen LogP contribution >= 0.6 is 0 Å². The zero-order valence-electron chi connectivity index (χ0n) is 19.3. The van der Waals surface area contributed by atoms with E-state index in [-0.39, 0.29) is 41.7 Å². The number of rotatable bonds is 2. The van der Waals surface area contributed by atoms with Gasteiger partial charge in [-0.3, -0.25) is 14.4 Å². The average Bonchev–Trinajstić information content (AvgIpc) is 3.14. The molecule has 0 saturated heterocycles. The van der Waals surface area contributed by atoms with Crippen molar-refractivity contribution in [2.24, 2.45) is 45.9 Å². The highest BCUT2D eigenvalue weighted by Crippen LogP contribution is 2.67. The molecule has 10 unspecified atom stereocenters. The summed E-state index contributed by atoms with van der Waals surface area (Å²) in [6.07, 6.45) is 4.81. The van der Waals surface area contributed by atoms with Gasteiger partial charge in [-0.05, 0) is 68.6 Å². The van der Waals surface area contributed by atoms with Gasteiger partial charge in [-0.1, -0.05) is 13.8 Å². The first-order chi connectivity index (χ1) is 14.6. The number of Topliss-reactive ketones (excluding diaryl/α,β-unsaturated/α-hetero) is 2. The fourth-order valence-electron chi connectivity index (χ4n) is 8.84. The Labute approximate surface area is 184 Å². The van der Waals surface area contributed by atoms with Gasteiger partial charge in [-0.2, -0.15) is 0 Å². The van der Waals surface area contributed by atoms with Gasteiger partial charge >= 0.3 is 5.97 Å². The summed E-state index contributed by atoms with van der Waals surface area (Å²) in [5.41, 5.74) is -1.37. The normalized spacial score (nSPS) is 50.4. The van der Waals surface area contributed by atoms with E-state index in [0.29, 0.717) is 35.9 Å². The van der Waals surface area contributed by atoms with Crippen molar-refractivity contribution in [3.8, 4) is 0 Å². The number of fused-ring (bicyclic) bond motifs is 7. The summed E-state index contributed by atoms with van der Waals surface area (Å²) in [5.74, 6) is 2.43. The maximum absolute atomic E-state index is 13.7. The molecule has 31 heavy (non-hydrogen) atoms. The molecule has 6 heteroatoms. The summed E-state index contributed by atoms with van der Waals surface area (Å²) in [5, 5.41) is 0. The van der Waals surface area contributed by atoms with E-state index in [1.54, 1.807) is 6.92 Å². The first-order valence-corrected chi connectivity index (χ1v) is 12.0. The van der Waals surface area contributed by atoms with Crippen molar-refractivity contribution in [1.29, 1.82) is 0 Å². The second-order valence-corrected chi connectivity index (χ2v) is 11.1. The van der Waals surface area contributed by atoms with Crippen LogP contribution in [0.2, 0.25) is 0 Å². The maximum atomic E-state index is 13.7. The molecule has 0 aromatic heterocycles. The predicted molar refractivity (Wildman–Crippen MR) is 114 cm³/mol. The van der Waals surface area contributed by atoms with Crippen molar-refractivity contribution in [3.63, 3.8) is 0 Å². The van der Waals surface area contributed by atoms with Crippen LogP contribution in [0.4, 0.5) is 0 Å². The average molecular weight is 430 g/mol. The van der Waals surface area contributed by atoms with Crippen molar-refractivity contribution in [1.82, 2.24) is 0 Å². The van der Waals surface area contributed by atoms with Gasteiger partial charge in [-0.15, -0.1) is 0 Å². The van der Waals surface area contributed by atoms with Crippen molar-refractivity contribution < 1.29 is 23.9 Å². The van der Waals surface area contributed by atoms with Crippen molar-refractivity contribution in [2.45, 2.75) is 90.9 Å². The third kappa shape index (κ3) is 2.69. The summed E-state index contributed by atoms with van der Waals surface area (Å²) in [6, 6.07) is 0. The first-order valence-electron chi connectivity index (χ1n) is 12.0. The lowest BCUT2D eigenvalue weighted by molar-refractivity contribution is -0.164. The first kappa shape index (κ1) is 21.1. The van der Waals surface area contributed by atoms with Crippen LogP contribution < -0.4 is 0 Å². The number of hydrogen-bond donors (Lipinski definition) is 0. The summed E-state index contributed by atoms with van der Waals surface area (Å²) in [6.45, 7) is 9.25. The minimum Gasteiger partial charge on any atom is -0.475 e. The molecule has 1 heterocycles. The van der Waals surface area contributed by atoms with Crippen LogP contribution in [0.3, 0.4) is 0 Å². The molecular weight excluding hydrogens is 394 g/mol. The van der Waals surface area contributed by atoms with Gasteiger partial charge in [0.15, 0.2) is 17.2 Å².